The Hall–Kier alpha value is -3.18. The largest absolute Gasteiger partial charge is 0.485 e. The maximum Gasteiger partial charge on any atom is 0.232 e. The number of rotatable bonds is 6. The van der Waals surface area contributed by atoms with E-state index >= 15 is 0 Å². The second kappa shape index (κ2) is 10.0. The van der Waals surface area contributed by atoms with Gasteiger partial charge in [-0.3, -0.25) is 15.0 Å². The van der Waals surface area contributed by atoms with Crippen LogP contribution in [-0.4, -0.2) is 63.5 Å². The van der Waals surface area contributed by atoms with Crippen LogP contribution < -0.4 is 20.5 Å². The van der Waals surface area contributed by atoms with Crippen LogP contribution in [0.15, 0.2) is 47.5 Å². The summed E-state index contributed by atoms with van der Waals surface area (Å²) in [4.78, 5) is 19.5. The van der Waals surface area contributed by atoms with Crippen molar-refractivity contribution in [1.29, 1.82) is 0 Å². The quantitative estimate of drug-likeness (QED) is 0.401. The lowest BCUT2D eigenvalue weighted by atomic mass is 9.85. The number of benzene rings is 2. The van der Waals surface area contributed by atoms with Gasteiger partial charge in [0.05, 0.1) is 30.7 Å². The highest BCUT2D eigenvalue weighted by Gasteiger charge is 2.46. The van der Waals surface area contributed by atoms with Gasteiger partial charge in [0.1, 0.15) is 35.0 Å². The number of aliphatic hydroxyl groups excluding tert-OH is 2. The zero-order chi connectivity index (χ0) is 29.0. The first-order valence-corrected chi connectivity index (χ1v) is 13.6. The summed E-state index contributed by atoms with van der Waals surface area (Å²) in [5.74, 6) is 1.27. The lowest BCUT2D eigenvalue weighted by molar-refractivity contribution is -0.133. The van der Waals surface area contributed by atoms with Crippen LogP contribution >= 0.6 is 0 Å². The van der Waals surface area contributed by atoms with Crippen molar-refractivity contribution in [3.8, 4) is 11.5 Å². The Morgan fingerprint density at radius 2 is 1.82 bits per heavy atom. The molecule has 3 aliphatic rings. The number of hydrogen-bond donors (Lipinski definition) is 4. The van der Waals surface area contributed by atoms with E-state index in [1.165, 1.54) is 0 Å². The molecule has 0 saturated carbocycles. The normalized spacial score (nSPS) is 29.4. The van der Waals surface area contributed by atoms with Crippen LogP contribution in [0.3, 0.4) is 0 Å². The Morgan fingerprint density at radius 3 is 2.52 bits per heavy atom. The van der Waals surface area contributed by atoms with Crippen molar-refractivity contribution < 1.29 is 29.2 Å². The van der Waals surface area contributed by atoms with E-state index in [1.807, 2.05) is 65.0 Å². The molecule has 10 nitrogen and oxygen atoms in total. The van der Waals surface area contributed by atoms with Crippen LogP contribution in [0, 0.1) is 0 Å². The fourth-order valence-electron chi connectivity index (χ4n) is 6.05. The third-order valence-corrected chi connectivity index (χ3v) is 7.96. The van der Waals surface area contributed by atoms with Gasteiger partial charge in [-0.1, -0.05) is 24.3 Å². The van der Waals surface area contributed by atoms with E-state index in [0.29, 0.717) is 35.7 Å². The number of aliphatic imine (C=N–C) groups is 1. The van der Waals surface area contributed by atoms with Crippen LogP contribution in [0.4, 0.5) is 0 Å². The number of nitrogens with zero attached hydrogens (tertiary/aromatic N) is 2. The average Bonchev–Trinajstić information content (AvgIpc) is 2.85. The minimum Gasteiger partial charge on any atom is -0.485 e. The van der Waals surface area contributed by atoms with Gasteiger partial charge in [-0.15, -0.1) is 0 Å². The summed E-state index contributed by atoms with van der Waals surface area (Å²) in [5.41, 5.74) is 6.25. The first-order valence-electron chi connectivity index (χ1n) is 13.6. The number of carbonyl (C=O) groups is 1. The van der Waals surface area contributed by atoms with E-state index < -0.39 is 41.2 Å². The van der Waals surface area contributed by atoms with Gasteiger partial charge in [0.15, 0.2) is 5.96 Å². The molecule has 0 aromatic heterocycles. The number of nitrogens with two attached hydrogens (primary N) is 1. The maximum absolute atomic E-state index is 13.4. The van der Waals surface area contributed by atoms with E-state index in [0.717, 1.165) is 5.56 Å². The van der Waals surface area contributed by atoms with E-state index in [4.69, 9.17) is 19.9 Å². The molecule has 216 valence electrons. The number of guanidine groups is 1. The molecule has 3 heterocycles. The molecule has 0 fully saturated rings. The van der Waals surface area contributed by atoms with Gasteiger partial charge in [-0.25, -0.2) is 4.99 Å². The number of fused-ring (bicyclic) bond motifs is 2. The summed E-state index contributed by atoms with van der Waals surface area (Å²) in [6, 6.07) is 11.8. The smallest absolute Gasteiger partial charge is 0.232 e. The number of aliphatic hydroxyl groups is 2. The van der Waals surface area contributed by atoms with Crippen molar-refractivity contribution in [2.45, 2.75) is 88.6 Å². The molecule has 0 radical (unpaired) electrons. The fourth-order valence-corrected chi connectivity index (χ4v) is 6.05. The Balaban J connectivity index is 1.51. The first kappa shape index (κ1) is 28.4. The molecule has 40 heavy (non-hydrogen) atoms. The first-order chi connectivity index (χ1) is 18.7. The highest BCUT2D eigenvalue weighted by Crippen LogP contribution is 2.46. The minimum atomic E-state index is -1.14. The van der Waals surface area contributed by atoms with Gasteiger partial charge in [-0.2, -0.15) is 0 Å². The number of carbonyl (C=O) groups excluding carboxylic acids is 1. The van der Waals surface area contributed by atoms with Gasteiger partial charge >= 0.3 is 0 Å². The number of methoxy groups -OCH3 is 1. The van der Waals surface area contributed by atoms with Crippen molar-refractivity contribution in [2.24, 2.45) is 10.7 Å². The Bertz CT molecular complexity index is 1330. The lowest BCUT2D eigenvalue weighted by Gasteiger charge is -2.45. The second-order valence-electron chi connectivity index (χ2n) is 12.5. The third-order valence-electron chi connectivity index (χ3n) is 7.96. The van der Waals surface area contributed by atoms with Gasteiger partial charge in [-0.05, 0) is 58.4 Å². The van der Waals surface area contributed by atoms with Crippen LogP contribution in [0.1, 0.15) is 82.5 Å². The summed E-state index contributed by atoms with van der Waals surface area (Å²) in [5, 5.41) is 25.7. The van der Waals surface area contributed by atoms with Crippen LogP contribution in [0.5, 0.6) is 11.5 Å². The highest BCUT2D eigenvalue weighted by atomic mass is 16.5. The molecule has 0 bridgehead atoms. The van der Waals surface area contributed by atoms with Crippen molar-refractivity contribution in [3.05, 3.63) is 59.2 Å². The second-order valence-corrected chi connectivity index (χ2v) is 12.5. The highest BCUT2D eigenvalue weighted by molar-refractivity contribution is 5.99. The predicted molar refractivity (Wildman–Crippen MR) is 150 cm³/mol. The zero-order valence-corrected chi connectivity index (χ0v) is 24.0. The number of amides is 1. The van der Waals surface area contributed by atoms with Crippen molar-refractivity contribution in [3.63, 3.8) is 0 Å². The monoisotopic (exact) mass is 552 g/mol. The summed E-state index contributed by atoms with van der Waals surface area (Å²) < 4.78 is 17.8. The molecular weight excluding hydrogens is 512 g/mol. The molecule has 5 rings (SSSR count). The molecule has 3 aliphatic heterocycles. The molecule has 2 aromatic carbocycles. The van der Waals surface area contributed by atoms with E-state index in [-0.39, 0.29) is 18.3 Å². The van der Waals surface area contributed by atoms with Crippen LogP contribution in [0.2, 0.25) is 0 Å². The molecule has 10 heteroatoms. The lowest BCUT2D eigenvalue weighted by Crippen LogP contribution is -2.55. The Morgan fingerprint density at radius 1 is 1.12 bits per heavy atom. The maximum atomic E-state index is 13.4. The minimum absolute atomic E-state index is 0.122. The summed E-state index contributed by atoms with van der Waals surface area (Å²) >= 11 is 0. The molecule has 3 unspecified atom stereocenters. The zero-order valence-electron chi connectivity index (χ0n) is 24.0. The Labute approximate surface area is 235 Å². The molecule has 0 saturated heterocycles. The average molecular weight is 553 g/mol. The SMILES string of the molecule is COCC1(C)CC(N2C(=O)CC(C)(C)N=C2N)c2cc(C(O)N[C@@H]3c4ccccc4OC(C)(C)[C@H]3O)ccc2O1. The van der Waals surface area contributed by atoms with Crippen LogP contribution in [0.25, 0.3) is 0 Å². The van der Waals surface area contributed by atoms with Gasteiger partial charge in [0.25, 0.3) is 0 Å². The topological polar surface area (TPSA) is 139 Å². The molecule has 1 amide bonds. The Kier molecular flexibility index (Phi) is 7.11. The molecule has 5 N–H and O–H groups in total. The van der Waals surface area contributed by atoms with Crippen molar-refractivity contribution in [2.75, 3.05) is 13.7 Å². The van der Waals surface area contributed by atoms with Crippen molar-refractivity contribution >= 4 is 11.9 Å². The van der Waals surface area contributed by atoms with Gasteiger partial charge in [0.2, 0.25) is 5.91 Å². The summed E-state index contributed by atoms with van der Waals surface area (Å²) in [6.07, 6.45) is -1.42. The number of ether oxygens (including phenoxy) is 3. The van der Waals surface area contributed by atoms with Crippen LogP contribution in [-0.2, 0) is 9.53 Å². The molecule has 0 aliphatic carbocycles. The van der Waals surface area contributed by atoms with Gasteiger partial charge in [0, 0.05) is 24.7 Å². The number of hydrogen-bond acceptors (Lipinski definition) is 9. The number of nitrogens with one attached hydrogen (secondary N) is 1. The molecular formula is C30H40N4O6. The third kappa shape index (κ3) is 5.16. The fraction of sp³-hybridized carbons (Fsp3) is 0.533. The molecule has 2 aromatic rings. The predicted octanol–water partition coefficient (Wildman–Crippen LogP) is 3.09. The molecule has 0 spiro atoms. The van der Waals surface area contributed by atoms with Crippen molar-refractivity contribution in [1.82, 2.24) is 10.2 Å². The molecule has 5 atom stereocenters. The summed E-state index contributed by atoms with van der Waals surface area (Å²) in [6.45, 7) is 9.65. The summed E-state index contributed by atoms with van der Waals surface area (Å²) in [7, 11) is 1.61. The van der Waals surface area contributed by atoms with E-state index in [2.05, 4.69) is 10.3 Å². The number of para-hydroxylation sites is 1. The standard InChI is InChI=1S/C30H40N4O6/c1-28(2)15-23(35)34(27(31)33-28)20-14-30(5,16-38-6)40-22-12-11-17(13-19(20)22)26(37)32-24-18-9-7-8-10-21(18)39-29(3,4)25(24)36/h7-13,20,24-26,32,36-37H,14-16H2,1-6H3,(H2,31,33)/t20?,24-,25+,26?,30?/m1/s1. The van der Waals surface area contributed by atoms with E-state index in [1.54, 1.807) is 24.1 Å². The van der Waals surface area contributed by atoms with Gasteiger partial charge < -0.3 is 30.2 Å². The van der Waals surface area contributed by atoms with E-state index in [9.17, 15) is 15.0 Å².